The summed E-state index contributed by atoms with van der Waals surface area (Å²) >= 11 is 6.17. The molecule has 0 fully saturated rings. The van der Waals surface area contributed by atoms with E-state index >= 15 is 0 Å². The topological polar surface area (TPSA) is 50.8 Å². The van der Waals surface area contributed by atoms with E-state index < -0.39 is 18.8 Å². The number of carbonyl (C=O) groups is 1. The van der Waals surface area contributed by atoms with E-state index in [1.165, 1.54) is 30.2 Å². The standard InChI is InChI=1S/C19H20ClF3N2O3/c1-12(14-6-4-5-7-15(14)20)25(2)18(26)24-13-8-9-16(27-3)17(10-13)28-11-19(21,22)23/h4-10,12H,11H2,1-3H3,(H,24,26). The molecule has 0 aromatic heterocycles. The molecule has 2 aromatic rings. The molecular weight excluding hydrogens is 397 g/mol. The molecule has 0 saturated carbocycles. The Balaban J connectivity index is 2.13. The molecule has 9 heteroatoms. The number of hydrogen-bond acceptors (Lipinski definition) is 3. The number of hydrogen-bond donors (Lipinski definition) is 1. The van der Waals surface area contributed by atoms with E-state index in [0.29, 0.717) is 5.02 Å². The third-order valence-corrected chi connectivity index (χ3v) is 4.41. The summed E-state index contributed by atoms with van der Waals surface area (Å²) < 4.78 is 47.0. The number of ether oxygens (including phenoxy) is 2. The van der Waals surface area contributed by atoms with Gasteiger partial charge in [-0.15, -0.1) is 0 Å². The lowest BCUT2D eigenvalue weighted by Gasteiger charge is -2.26. The summed E-state index contributed by atoms with van der Waals surface area (Å²) in [6.45, 7) is 0.344. The van der Waals surface area contributed by atoms with E-state index in [1.54, 1.807) is 19.2 Å². The lowest BCUT2D eigenvalue weighted by atomic mass is 10.1. The van der Waals surface area contributed by atoms with Gasteiger partial charge < -0.3 is 19.7 Å². The van der Waals surface area contributed by atoms with Crippen LogP contribution in [0.5, 0.6) is 11.5 Å². The molecule has 0 aliphatic rings. The minimum atomic E-state index is -4.49. The van der Waals surface area contributed by atoms with Gasteiger partial charge >= 0.3 is 12.2 Å². The maximum atomic E-state index is 12.5. The Kier molecular flexibility index (Phi) is 7.01. The minimum absolute atomic E-state index is 0.125. The molecule has 0 aliphatic carbocycles. The first-order valence-corrected chi connectivity index (χ1v) is 8.66. The number of nitrogens with zero attached hydrogens (tertiary/aromatic N) is 1. The first kappa shape index (κ1) is 21.7. The number of methoxy groups -OCH3 is 1. The molecule has 0 saturated heterocycles. The van der Waals surface area contributed by atoms with Crippen LogP contribution in [0.15, 0.2) is 42.5 Å². The van der Waals surface area contributed by atoms with E-state index in [9.17, 15) is 18.0 Å². The van der Waals surface area contributed by atoms with E-state index in [2.05, 4.69) is 5.32 Å². The summed E-state index contributed by atoms with van der Waals surface area (Å²) in [4.78, 5) is 14.0. The minimum Gasteiger partial charge on any atom is -0.493 e. The highest BCUT2D eigenvalue weighted by Gasteiger charge is 2.29. The van der Waals surface area contributed by atoms with E-state index in [1.807, 2.05) is 19.1 Å². The van der Waals surface area contributed by atoms with Gasteiger partial charge in [-0.3, -0.25) is 0 Å². The third-order valence-electron chi connectivity index (χ3n) is 4.06. The largest absolute Gasteiger partial charge is 0.493 e. The summed E-state index contributed by atoms with van der Waals surface area (Å²) in [5.74, 6) is -0.000491. The van der Waals surface area contributed by atoms with Crippen molar-refractivity contribution in [1.82, 2.24) is 4.90 Å². The van der Waals surface area contributed by atoms with Crippen LogP contribution in [-0.2, 0) is 0 Å². The number of alkyl halides is 3. The van der Waals surface area contributed by atoms with Crippen LogP contribution in [0.1, 0.15) is 18.5 Å². The fourth-order valence-corrected chi connectivity index (χ4v) is 2.73. The Morgan fingerprint density at radius 2 is 1.89 bits per heavy atom. The van der Waals surface area contributed by atoms with Gasteiger partial charge in [0.2, 0.25) is 0 Å². The van der Waals surface area contributed by atoms with Crippen molar-refractivity contribution in [2.24, 2.45) is 0 Å². The molecule has 1 atom stereocenters. The zero-order chi connectivity index (χ0) is 20.9. The molecule has 28 heavy (non-hydrogen) atoms. The zero-order valence-electron chi connectivity index (χ0n) is 15.5. The van der Waals surface area contributed by atoms with Gasteiger partial charge in [0.05, 0.1) is 13.2 Å². The van der Waals surface area contributed by atoms with Gasteiger partial charge in [-0.05, 0) is 30.7 Å². The summed E-state index contributed by atoms with van der Waals surface area (Å²) in [5.41, 5.74) is 1.03. The first-order chi connectivity index (χ1) is 13.1. The molecule has 0 heterocycles. The SMILES string of the molecule is COc1ccc(NC(=O)N(C)C(C)c2ccccc2Cl)cc1OCC(F)(F)F. The molecule has 2 aromatic carbocycles. The van der Waals surface area contributed by atoms with Crippen molar-refractivity contribution in [3.05, 3.63) is 53.1 Å². The number of nitrogens with one attached hydrogen (secondary N) is 1. The number of benzene rings is 2. The van der Waals surface area contributed by atoms with E-state index in [0.717, 1.165) is 5.56 Å². The number of rotatable bonds is 6. The zero-order valence-corrected chi connectivity index (χ0v) is 16.3. The van der Waals surface area contributed by atoms with Crippen LogP contribution in [0.25, 0.3) is 0 Å². The molecule has 5 nitrogen and oxygen atoms in total. The van der Waals surface area contributed by atoms with Crippen LogP contribution in [0.4, 0.5) is 23.7 Å². The average Bonchev–Trinajstić information content (AvgIpc) is 2.65. The smallest absolute Gasteiger partial charge is 0.422 e. The Labute approximate surface area is 166 Å². The highest BCUT2D eigenvalue weighted by atomic mass is 35.5. The number of amides is 2. The summed E-state index contributed by atoms with van der Waals surface area (Å²) in [6, 6.07) is 10.6. The fraction of sp³-hybridized carbons (Fsp3) is 0.316. The number of halogens is 4. The van der Waals surface area contributed by atoms with Crippen LogP contribution >= 0.6 is 11.6 Å². The van der Waals surface area contributed by atoms with Crippen molar-refractivity contribution in [3.8, 4) is 11.5 Å². The summed E-state index contributed by atoms with van der Waals surface area (Å²) in [6.07, 6.45) is -4.49. The highest BCUT2D eigenvalue weighted by Crippen LogP contribution is 2.32. The quantitative estimate of drug-likeness (QED) is 0.675. The molecule has 0 spiro atoms. The van der Waals surface area contributed by atoms with Crippen molar-refractivity contribution < 1.29 is 27.4 Å². The molecule has 0 bridgehead atoms. The van der Waals surface area contributed by atoms with E-state index in [-0.39, 0.29) is 23.2 Å². The Morgan fingerprint density at radius 1 is 1.21 bits per heavy atom. The van der Waals surface area contributed by atoms with Crippen LogP contribution in [0, 0.1) is 0 Å². The van der Waals surface area contributed by atoms with Gasteiger partial charge in [-0.25, -0.2) is 4.79 Å². The predicted molar refractivity (Wildman–Crippen MR) is 101 cm³/mol. The normalized spacial score (nSPS) is 12.2. The highest BCUT2D eigenvalue weighted by molar-refractivity contribution is 6.31. The van der Waals surface area contributed by atoms with Gasteiger partial charge in [-0.2, -0.15) is 13.2 Å². The second-order valence-electron chi connectivity index (χ2n) is 6.01. The molecular formula is C19H20ClF3N2O3. The Morgan fingerprint density at radius 3 is 2.50 bits per heavy atom. The molecule has 2 amide bonds. The van der Waals surface area contributed by atoms with Crippen LogP contribution < -0.4 is 14.8 Å². The van der Waals surface area contributed by atoms with Crippen LogP contribution in [0.3, 0.4) is 0 Å². The maximum absolute atomic E-state index is 12.5. The lowest BCUT2D eigenvalue weighted by molar-refractivity contribution is -0.153. The molecule has 152 valence electrons. The van der Waals surface area contributed by atoms with Crippen molar-refractivity contribution in [3.63, 3.8) is 0 Å². The fourth-order valence-electron chi connectivity index (χ4n) is 2.44. The van der Waals surface area contributed by atoms with Crippen molar-refractivity contribution in [2.75, 3.05) is 26.1 Å². The summed E-state index contributed by atoms with van der Waals surface area (Å²) in [5, 5.41) is 3.16. The second-order valence-corrected chi connectivity index (χ2v) is 6.42. The number of urea groups is 1. The summed E-state index contributed by atoms with van der Waals surface area (Å²) in [7, 11) is 2.90. The third kappa shape index (κ3) is 5.69. The average molecular weight is 417 g/mol. The Hall–Kier alpha value is -2.61. The maximum Gasteiger partial charge on any atom is 0.422 e. The molecule has 1 N–H and O–H groups in total. The molecule has 1 unspecified atom stereocenters. The Bertz CT molecular complexity index is 830. The number of anilines is 1. The number of carbonyl (C=O) groups excluding carboxylic acids is 1. The lowest BCUT2D eigenvalue weighted by Crippen LogP contribution is -2.33. The van der Waals surface area contributed by atoms with Gasteiger partial charge in [0, 0.05) is 23.8 Å². The van der Waals surface area contributed by atoms with Gasteiger partial charge in [0.25, 0.3) is 0 Å². The molecule has 2 rings (SSSR count). The van der Waals surface area contributed by atoms with Crippen molar-refractivity contribution in [1.29, 1.82) is 0 Å². The van der Waals surface area contributed by atoms with E-state index in [4.69, 9.17) is 21.1 Å². The van der Waals surface area contributed by atoms with Gasteiger partial charge in [0.1, 0.15) is 0 Å². The predicted octanol–water partition coefficient (Wildman–Crippen LogP) is 5.51. The van der Waals surface area contributed by atoms with Crippen molar-refractivity contribution in [2.45, 2.75) is 19.1 Å². The van der Waals surface area contributed by atoms with Gasteiger partial charge in [-0.1, -0.05) is 29.8 Å². The monoisotopic (exact) mass is 416 g/mol. The van der Waals surface area contributed by atoms with Crippen molar-refractivity contribution >= 4 is 23.3 Å². The first-order valence-electron chi connectivity index (χ1n) is 8.28. The molecule has 0 radical (unpaired) electrons. The van der Waals surface area contributed by atoms with Gasteiger partial charge in [0.15, 0.2) is 18.1 Å². The van der Waals surface area contributed by atoms with Crippen LogP contribution in [-0.4, -0.2) is 37.9 Å². The second kappa shape index (κ2) is 9.05. The van der Waals surface area contributed by atoms with Crippen LogP contribution in [0.2, 0.25) is 5.02 Å². The molecule has 0 aliphatic heterocycles.